The van der Waals surface area contributed by atoms with Crippen LogP contribution in [0.5, 0.6) is 0 Å². The van der Waals surface area contributed by atoms with Crippen LogP contribution in [-0.4, -0.2) is 5.25 Å². The van der Waals surface area contributed by atoms with Crippen molar-refractivity contribution in [3.63, 3.8) is 0 Å². The predicted octanol–water partition coefficient (Wildman–Crippen LogP) is 5.10. The van der Waals surface area contributed by atoms with Crippen LogP contribution >= 0.6 is 35.0 Å². The van der Waals surface area contributed by atoms with Crippen LogP contribution in [0.3, 0.4) is 0 Å². The Hall–Kier alpha value is -0.670. The molecule has 3 rings (SSSR count). The Morgan fingerprint density at radius 1 is 1.10 bits per heavy atom. The Labute approximate surface area is 133 Å². The lowest BCUT2D eigenvalue weighted by Crippen LogP contribution is -2.29. The van der Waals surface area contributed by atoms with Gasteiger partial charge in [0.05, 0.1) is 5.02 Å². The Kier molecular flexibility index (Phi) is 4.27. The maximum Gasteiger partial charge on any atom is 0.0543 e. The lowest BCUT2D eigenvalue weighted by atomic mass is 9.88. The highest BCUT2D eigenvalue weighted by molar-refractivity contribution is 8.00. The second kappa shape index (κ2) is 5.98. The fourth-order valence-corrected chi connectivity index (χ4v) is 4.35. The van der Waals surface area contributed by atoms with Crippen molar-refractivity contribution < 1.29 is 0 Å². The van der Waals surface area contributed by atoms with E-state index >= 15 is 0 Å². The molecule has 0 bridgehead atoms. The molecule has 0 spiro atoms. The number of benzene rings is 2. The Morgan fingerprint density at radius 3 is 2.75 bits per heavy atom. The van der Waals surface area contributed by atoms with E-state index in [2.05, 4.69) is 24.3 Å². The predicted molar refractivity (Wildman–Crippen MR) is 87.8 cm³/mol. The summed E-state index contributed by atoms with van der Waals surface area (Å²) in [6.45, 7) is 0. The van der Waals surface area contributed by atoms with Gasteiger partial charge in [-0.1, -0.05) is 47.5 Å². The quantitative estimate of drug-likeness (QED) is 0.831. The van der Waals surface area contributed by atoms with Crippen molar-refractivity contribution in [3.8, 4) is 0 Å². The van der Waals surface area contributed by atoms with Crippen LogP contribution in [-0.2, 0) is 6.42 Å². The number of nitrogens with two attached hydrogens (primary N) is 1. The maximum absolute atomic E-state index is 6.43. The summed E-state index contributed by atoms with van der Waals surface area (Å²) in [5.41, 5.74) is 9.06. The molecule has 0 fully saturated rings. The smallest absolute Gasteiger partial charge is 0.0543 e. The molecule has 0 amide bonds. The fraction of sp³-hybridized carbons (Fsp3) is 0.250. The highest BCUT2D eigenvalue weighted by Gasteiger charge is 2.27. The highest BCUT2D eigenvalue weighted by Crippen LogP contribution is 2.41. The summed E-state index contributed by atoms with van der Waals surface area (Å²) in [6, 6.07) is 14.0. The van der Waals surface area contributed by atoms with Gasteiger partial charge >= 0.3 is 0 Å². The molecule has 2 aromatic rings. The van der Waals surface area contributed by atoms with Gasteiger partial charge in [-0.25, -0.2) is 0 Å². The largest absolute Gasteiger partial charge is 0.323 e. The van der Waals surface area contributed by atoms with Crippen LogP contribution in [0.4, 0.5) is 0 Å². The van der Waals surface area contributed by atoms with E-state index in [0.29, 0.717) is 10.3 Å². The van der Waals surface area contributed by atoms with Crippen LogP contribution in [0.25, 0.3) is 0 Å². The van der Waals surface area contributed by atoms with E-state index in [0.717, 1.165) is 22.8 Å². The number of hydrogen-bond donors (Lipinski definition) is 1. The third-order valence-electron chi connectivity index (χ3n) is 3.68. The molecule has 104 valence electrons. The number of rotatable bonds is 2. The molecule has 0 heterocycles. The number of thioether (sulfide) groups is 1. The van der Waals surface area contributed by atoms with Crippen molar-refractivity contribution in [1.29, 1.82) is 0 Å². The Bertz CT molecular complexity index is 630. The summed E-state index contributed by atoms with van der Waals surface area (Å²) in [4.78, 5) is 1.01. The monoisotopic (exact) mass is 323 g/mol. The van der Waals surface area contributed by atoms with Crippen LogP contribution in [0.2, 0.25) is 10.0 Å². The lowest BCUT2D eigenvalue weighted by molar-refractivity contribution is 0.587. The molecule has 2 unspecified atom stereocenters. The summed E-state index contributed by atoms with van der Waals surface area (Å²) in [5, 5.41) is 1.79. The standard InChI is InChI=1S/C16H15Cl2NS/c17-11-6-7-13(18)15(9-11)20-14-8-5-10-3-1-2-4-12(10)16(14)19/h1-4,6-7,9,14,16H,5,8,19H2. The number of hydrogen-bond acceptors (Lipinski definition) is 2. The van der Waals surface area contributed by atoms with Crippen molar-refractivity contribution >= 4 is 35.0 Å². The van der Waals surface area contributed by atoms with Gasteiger partial charge in [0.15, 0.2) is 0 Å². The van der Waals surface area contributed by atoms with E-state index in [4.69, 9.17) is 28.9 Å². The average molecular weight is 324 g/mol. The van der Waals surface area contributed by atoms with Gasteiger partial charge in [-0.15, -0.1) is 11.8 Å². The molecule has 0 aromatic heterocycles. The molecule has 2 N–H and O–H groups in total. The SMILES string of the molecule is NC1c2ccccc2CCC1Sc1cc(Cl)ccc1Cl. The minimum atomic E-state index is 0.0417. The molecular weight excluding hydrogens is 309 g/mol. The molecule has 0 aliphatic heterocycles. The van der Waals surface area contributed by atoms with Gasteiger partial charge in [-0.2, -0.15) is 0 Å². The normalized spacial score (nSPS) is 21.6. The highest BCUT2D eigenvalue weighted by atomic mass is 35.5. The third kappa shape index (κ3) is 2.84. The lowest BCUT2D eigenvalue weighted by Gasteiger charge is -2.30. The van der Waals surface area contributed by atoms with Crippen molar-refractivity contribution in [2.45, 2.75) is 29.0 Å². The first-order chi connectivity index (χ1) is 9.65. The first kappa shape index (κ1) is 14.3. The summed E-state index contributed by atoms with van der Waals surface area (Å²) >= 11 is 14.0. The maximum atomic E-state index is 6.43. The van der Waals surface area contributed by atoms with Crippen molar-refractivity contribution in [3.05, 3.63) is 63.6 Å². The van der Waals surface area contributed by atoms with E-state index in [1.54, 1.807) is 11.8 Å². The number of fused-ring (bicyclic) bond motifs is 1. The topological polar surface area (TPSA) is 26.0 Å². The van der Waals surface area contributed by atoms with E-state index in [1.165, 1.54) is 11.1 Å². The molecule has 2 aromatic carbocycles. The zero-order valence-corrected chi connectivity index (χ0v) is 13.2. The van der Waals surface area contributed by atoms with E-state index in [-0.39, 0.29) is 6.04 Å². The second-order valence-corrected chi connectivity index (χ2v) is 7.12. The first-order valence-corrected chi connectivity index (χ1v) is 8.24. The fourth-order valence-electron chi connectivity index (χ4n) is 2.63. The Balaban J connectivity index is 1.84. The molecule has 0 saturated carbocycles. The third-order valence-corrected chi connectivity index (χ3v) is 5.78. The first-order valence-electron chi connectivity index (χ1n) is 6.60. The Morgan fingerprint density at radius 2 is 1.90 bits per heavy atom. The number of aryl methyl sites for hydroxylation is 1. The molecule has 1 aliphatic rings. The van der Waals surface area contributed by atoms with E-state index in [1.807, 2.05) is 18.2 Å². The molecule has 4 heteroatoms. The summed E-state index contributed by atoms with van der Waals surface area (Å²) in [6.07, 6.45) is 2.13. The molecule has 1 nitrogen and oxygen atoms in total. The molecule has 0 radical (unpaired) electrons. The van der Waals surface area contributed by atoms with Gasteiger partial charge in [-0.05, 0) is 42.2 Å². The van der Waals surface area contributed by atoms with Crippen LogP contribution in [0.15, 0.2) is 47.4 Å². The van der Waals surface area contributed by atoms with Crippen LogP contribution in [0, 0.1) is 0 Å². The van der Waals surface area contributed by atoms with Crippen molar-refractivity contribution in [1.82, 2.24) is 0 Å². The summed E-state index contributed by atoms with van der Waals surface area (Å²) < 4.78 is 0. The molecule has 2 atom stereocenters. The minimum Gasteiger partial charge on any atom is -0.323 e. The second-order valence-electron chi connectivity index (χ2n) is 4.99. The van der Waals surface area contributed by atoms with Gasteiger partial charge in [0.1, 0.15) is 0 Å². The van der Waals surface area contributed by atoms with Crippen molar-refractivity contribution in [2.75, 3.05) is 0 Å². The zero-order chi connectivity index (χ0) is 14.1. The summed E-state index contributed by atoms with van der Waals surface area (Å²) in [7, 11) is 0. The van der Waals surface area contributed by atoms with Crippen molar-refractivity contribution in [2.24, 2.45) is 5.73 Å². The van der Waals surface area contributed by atoms with E-state index in [9.17, 15) is 0 Å². The molecule has 1 aliphatic carbocycles. The summed E-state index contributed by atoms with van der Waals surface area (Å²) in [5.74, 6) is 0. The van der Waals surface area contributed by atoms with Crippen LogP contribution in [0.1, 0.15) is 23.6 Å². The van der Waals surface area contributed by atoms with Gasteiger partial charge < -0.3 is 5.73 Å². The van der Waals surface area contributed by atoms with Gasteiger partial charge in [-0.3, -0.25) is 0 Å². The molecular formula is C16H15Cl2NS. The zero-order valence-electron chi connectivity index (χ0n) is 10.9. The molecule has 20 heavy (non-hydrogen) atoms. The van der Waals surface area contributed by atoms with Gasteiger partial charge in [0, 0.05) is 21.2 Å². The van der Waals surface area contributed by atoms with Crippen LogP contribution < -0.4 is 5.73 Å². The molecule has 0 saturated heterocycles. The van der Waals surface area contributed by atoms with E-state index < -0.39 is 0 Å². The van der Waals surface area contributed by atoms with Gasteiger partial charge in [0.2, 0.25) is 0 Å². The average Bonchev–Trinajstić information content (AvgIpc) is 2.46. The number of halogens is 2. The van der Waals surface area contributed by atoms with Gasteiger partial charge in [0.25, 0.3) is 0 Å². The minimum absolute atomic E-state index is 0.0417.